The van der Waals surface area contributed by atoms with Gasteiger partial charge >= 0.3 is 5.97 Å². The highest BCUT2D eigenvalue weighted by Crippen LogP contribution is 2.19. The maximum atomic E-state index is 12.2. The smallest absolute Gasteiger partial charge is 0.311 e. The quantitative estimate of drug-likeness (QED) is 0.619. The van der Waals surface area contributed by atoms with Gasteiger partial charge in [-0.15, -0.1) is 0 Å². The zero-order chi connectivity index (χ0) is 19.1. The molecule has 1 atom stereocenters. The molecule has 0 bridgehead atoms. The Hall–Kier alpha value is -2.70. The van der Waals surface area contributed by atoms with Crippen LogP contribution in [-0.2, 0) is 19.1 Å². The lowest BCUT2D eigenvalue weighted by Gasteiger charge is -2.31. The molecule has 1 heterocycles. The summed E-state index contributed by atoms with van der Waals surface area (Å²) in [6, 6.07) is 6.64. The molecule has 1 unspecified atom stereocenters. The second-order valence-electron chi connectivity index (χ2n) is 6.29. The fraction of sp³-hybridized carbons (Fsp3) is 0.474. The Morgan fingerprint density at radius 1 is 1.23 bits per heavy atom. The van der Waals surface area contributed by atoms with Crippen molar-refractivity contribution in [3.63, 3.8) is 0 Å². The van der Waals surface area contributed by atoms with Crippen LogP contribution in [0.25, 0.3) is 0 Å². The van der Waals surface area contributed by atoms with Crippen LogP contribution in [0.15, 0.2) is 24.3 Å². The van der Waals surface area contributed by atoms with Crippen LogP contribution in [0.5, 0.6) is 0 Å². The van der Waals surface area contributed by atoms with Crippen LogP contribution in [0, 0.1) is 5.92 Å². The molecule has 140 valence electrons. The third-order valence-corrected chi connectivity index (χ3v) is 4.34. The molecule has 1 aromatic rings. The summed E-state index contributed by atoms with van der Waals surface area (Å²) in [6.07, 6.45) is 1.78. The third kappa shape index (κ3) is 5.15. The van der Waals surface area contributed by atoms with Gasteiger partial charge in [-0.25, -0.2) is 0 Å². The van der Waals surface area contributed by atoms with Crippen molar-refractivity contribution in [3.05, 3.63) is 29.8 Å². The van der Waals surface area contributed by atoms with Gasteiger partial charge in [-0.3, -0.25) is 19.2 Å². The first-order chi connectivity index (χ1) is 12.4. The molecule has 2 amide bonds. The number of ketones is 1. The fourth-order valence-electron chi connectivity index (χ4n) is 2.96. The molecule has 2 rings (SSSR count). The van der Waals surface area contributed by atoms with Gasteiger partial charge in [0.2, 0.25) is 5.91 Å². The zero-order valence-corrected chi connectivity index (χ0v) is 15.1. The molecule has 1 saturated heterocycles. The minimum Gasteiger partial charge on any atom is -0.455 e. The number of para-hydroxylation sites is 1. The van der Waals surface area contributed by atoms with Crippen LogP contribution in [0.1, 0.15) is 43.5 Å². The van der Waals surface area contributed by atoms with Crippen molar-refractivity contribution in [2.45, 2.75) is 33.1 Å². The largest absolute Gasteiger partial charge is 0.455 e. The highest BCUT2D eigenvalue weighted by molar-refractivity contribution is 6.04. The van der Waals surface area contributed by atoms with Gasteiger partial charge < -0.3 is 15.0 Å². The molecule has 1 fully saturated rings. The summed E-state index contributed by atoms with van der Waals surface area (Å²) in [5, 5.41) is 2.58. The first-order valence-corrected chi connectivity index (χ1v) is 8.76. The normalized spacial score (nSPS) is 16.7. The van der Waals surface area contributed by atoms with E-state index in [1.807, 2.05) is 0 Å². The van der Waals surface area contributed by atoms with Crippen molar-refractivity contribution < 1.29 is 23.9 Å². The number of amides is 2. The Bertz CT molecular complexity index is 701. The second kappa shape index (κ2) is 9.12. The highest BCUT2D eigenvalue weighted by Gasteiger charge is 2.29. The van der Waals surface area contributed by atoms with Gasteiger partial charge in [0.1, 0.15) is 0 Å². The molecule has 1 aliphatic heterocycles. The summed E-state index contributed by atoms with van der Waals surface area (Å²) in [5.41, 5.74) is 0.784. The monoisotopic (exact) mass is 360 g/mol. The molecule has 1 N–H and O–H groups in total. The molecular weight excluding hydrogens is 336 g/mol. The van der Waals surface area contributed by atoms with Crippen molar-refractivity contribution in [2.24, 2.45) is 5.92 Å². The van der Waals surface area contributed by atoms with Gasteiger partial charge in [-0.05, 0) is 31.9 Å². The van der Waals surface area contributed by atoms with Gasteiger partial charge in [-0.2, -0.15) is 0 Å². The minimum atomic E-state index is -0.510. The van der Waals surface area contributed by atoms with Crippen molar-refractivity contribution in [3.8, 4) is 0 Å². The average molecular weight is 360 g/mol. The van der Waals surface area contributed by atoms with E-state index >= 15 is 0 Å². The fourth-order valence-corrected chi connectivity index (χ4v) is 2.96. The van der Waals surface area contributed by atoms with Crippen LogP contribution in [-0.4, -0.2) is 48.2 Å². The number of hydrogen-bond acceptors (Lipinski definition) is 5. The molecule has 1 aliphatic rings. The number of carbonyl (C=O) groups excluding carboxylic acids is 4. The number of anilines is 1. The predicted molar refractivity (Wildman–Crippen MR) is 95.6 cm³/mol. The number of carbonyl (C=O) groups is 4. The van der Waals surface area contributed by atoms with Gasteiger partial charge in [0, 0.05) is 25.1 Å². The molecular formula is C19H24N2O5. The lowest BCUT2D eigenvalue weighted by Crippen LogP contribution is -2.42. The predicted octanol–water partition coefficient (Wildman–Crippen LogP) is 2.02. The molecule has 0 radical (unpaired) electrons. The third-order valence-electron chi connectivity index (χ3n) is 4.34. The first-order valence-electron chi connectivity index (χ1n) is 8.76. The van der Waals surface area contributed by atoms with E-state index in [1.54, 1.807) is 36.1 Å². The van der Waals surface area contributed by atoms with E-state index in [0.29, 0.717) is 37.2 Å². The number of ether oxygens (including phenoxy) is 1. The van der Waals surface area contributed by atoms with Crippen molar-refractivity contribution in [2.75, 3.05) is 25.0 Å². The first kappa shape index (κ1) is 19.6. The summed E-state index contributed by atoms with van der Waals surface area (Å²) < 4.78 is 5.10. The number of benzene rings is 1. The maximum Gasteiger partial charge on any atom is 0.311 e. The standard InChI is InChI=1S/C19H24N2O5/c1-3-18(24)21-10-6-7-14(11-21)19(25)26-12-17(23)20-16-9-5-4-8-15(16)13(2)22/h4-5,8-9,14H,3,6-7,10-12H2,1-2H3,(H,20,23). The molecule has 0 saturated carbocycles. The lowest BCUT2D eigenvalue weighted by molar-refractivity contribution is -0.154. The van der Waals surface area contributed by atoms with Crippen molar-refractivity contribution >= 4 is 29.3 Å². The average Bonchev–Trinajstić information content (AvgIpc) is 2.65. The van der Waals surface area contributed by atoms with Gasteiger partial charge in [0.25, 0.3) is 5.91 Å². The molecule has 26 heavy (non-hydrogen) atoms. The zero-order valence-electron chi connectivity index (χ0n) is 15.1. The Morgan fingerprint density at radius 3 is 2.65 bits per heavy atom. The maximum absolute atomic E-state index is 12.2. The second-order valence-corrected chi connectivity index (χ2v) is 6.29. The van der Waals surface area contributed by atoms with Crippen molar-refractivity contribution in [1.82, 2.24) is 4.90 Å². The van der Waals surface area contributed by atoms with E-state index in [9.17, 15) is 19.2 Å². The lowest BCUT2D eigenvalue weighted by atomic mass is 9.98. The molecule has 1 aromatic carbocycles. The highest BCUT2D eigenvalue weighted by atomic mass is 16.5. The Labute approximate surface area is 152 Å². The van der Waals surface area contributed by atoms with Gasteiger partial charge in [0.05, 0.1) is 11.6 Å². The van der Waals surface area contributed by atoms with Crippen LogP contribution >= 0.6 is 0 Å². The number of nitrogens with zero attached hydrogens (tertiary/aromatic N) is 1. The molecule has 7 nitrogen and oxygen atoms in total. The number of piperidine rings is 1. The number of Topliss-reactive ketones (excluding diaryl/α,β-unsaturated/α-hetero) is 1. The van der Waals surface area contributed by atoms with Gasteiger partial charge in [0.15, 0.2) is 12.4 Å². The number of rotatable bonds is 6. The van der Waals surface area contributed by atoms with Crippen LogP contribution < -0.4 is 5.32 Å². The summed E-state index contributed by atoms with van der Waals surface area (Å²) in [7, 11) is 0. The number of hydrogen-bond donors (Lipinski definition) is 1. The number of likely N-dealkylation sites (tertiary alicyclic amines) is 1. The van der Waals surface area contributed by atoms with Crippen LogP contribution in [0.2, 0.25) is 0 Å². The Balaban J connectivity index is 1.86. The Kier molecular flexibility index (Phi) is 6.89. The van der Waals surface area contributed by atoms with Crippen LogP contribution in [0.4, 0.5) is 5.69 Å². The summed E-state index contributed by atoms with van der Waals surface area (Å²) >= 11 is 0. The van der Waals surface area contributed by atoms with E-state index in [1.165, 1.54) is 6.92 Å². The number of esters is 1. The SMILES string of the molecule is CCC(=O)N1CCCC(C(=O)OCC(=O)Nc2ccccc2C(C)=O)C1. The topological polar surface area (TPSA) is 92.8 Å². The number of nitrogens with one attached hydrogen (secondary N) is 1. The van der Waals surface area contributed by atoms with Gasteiger partial charge in [-0.1, -0.05) is 19.1 Å². The van der Waals surface area contributed by atoms with E-state index in [0.717, 1.165) is 6.42 Å². The van der Waals surface area contributed by atoms with E-state index in [4.69, 9.17) is 4.74 Å². The van der Waals surface area contributed by atoms with E-state index in [-0.39, 0.29) is 11.7 Å². The molecule has 7 heteroatoms. The molecule has 0 spiro atoms. The molecule has 0 aliphatic carbocycles. The van der Waals surface area contributed by atoms with E-state index in [2.05, 4.69) is 5.32 Å². The summed E-state index contributed by atoms with van der Waals surface area (Å²) in [4.78, 5) is 49.2. The summed E-state index contributed by atoms with van der Waals surface area (Å²) in [5.74, 6) is -1.55. The Morgan fingerprint density at radius 2 is 1.96 bits per heavy atom. The summed E-state index contributed by atoms with van der Waals surface area (Å²) in [6.45, 7) is 3.76. The van der Waals surface area contributed by atoms with Crippen LogP contribution in [0.3, 0.4) is 0 Å². The van der Waals surface area contributed by atoms with Crippen molar-refractivity contribution in [1.29, 1.82) is 0 Å². The minimum absolute atomic E-state index is 0.0149. The molecule has 0 aromatic heterocycles. The van der Waals surface area contributed by atoms with E-state index < -0.39 is 24.4 Å².